The first-order valence-electron chi connectivity index (χ1n) is 6.81. The van der Waals surface area contributed by atoms with Crippen LogP contribution in [0.25, 0.3) is 0 Å². The molecule has 0 bridgehead atoms. The number of rotatable bonds is 7. The lowest BCUT2D eigenvalue weighted by atomic mass is 9.84. The second-order valence-corrected chi connectivity index (χ2v) is 5.42. The van der Waals surface area contributed by atoms with E-state index in [4.69, 9.17) is 5.84 Å². The lowest BCUT2D eigenvalue weighted by Gasteiger charge is -2.43. The molecule has 0 aromatic carbocycles. The zero-order valence-electron chi connectivity index (χ0n) is 11.3. The van der Waals surface area contributed by atoms with Gasteiger partial charge in [-0.15, -0.1) is 0 Å². The van der Waals surface area contributed by atoms with E-state index in [1.807, 2.05) is 0 Å². The van der Waals surface area contributed by atoms with Crippen LogP contribution in [0.15, 0.2) is 0 Å². The minimum absolute atomic E-state index is 0.308. The standard InChI is InChI=1S/C13H29N3/c1-4-5-6-9-12(15-14)13(16(2)3)10-7-8-11-13/h12,15H,4-11,14H2,1-3H3. The molecule has 96 valence electrons. The van der Waals surface area contributed by atoms with Gasteiger partial charge in [-0.2, -0.15) is 0 Å². The third kappa shape index (κ3) is 2.96. The zero-order chi connectivity index (χ0) is 12.0. The number of nitrogens with two attached hydrogens (primary N) is 1. The number of nitrogens with zero attached hydrogens (tertiary/aromatic N) is 1. The van der Waals surface area contributed by atoms with Crippen molar-refractivity contribution >= 4 is 0 Å². The van der Waals surface area contributed by atoms with E-state index in [0.717, 1.165) is 0 Å². The molecule has 3 nitrogen and oxygen atoms in total. The SMILES string of the molecule is CCCCCC(NN)C1(N(C)C)CCCC1. The number of likely N-dealkylation sites (N-methyl/N-ethyl adjacent to an activating group) is 1. The molecule has 16 heavy (non-hydrogen) atoms. The molecule has 0 aromatic rings. The van der Waals surface area contributed by atoms with Crippen molar-refractivity contribution in [3.8, 4) is 0 Å². The predicted molar refractivity (Wildman–Crippen MR) is 70.1 cm³/mol. The van der Waals surface area contributed by atoms with E-state index < -0.39 is 0 Å². The molecule has 1 fully saturated rings. The molecule has 3 heteroatoms. The second kappa shape index (κ2) is 6.58. The van der Waals surface area contributed by atoms with Gasteiger partial charge < -0.3 is 4.90 Å². The Bertz CT molecular complexity index is 186. The van der Waals surface area contributed by atoms with Crippen molar-refractivity contribution in [1.29, 1.82) is 0 Å². The molecule has 0 saturated heterocycles. The molecule has 0 radical (unpaired) electrons. The predicted octanol–water partition coefficient (Wildman–Crippen LogP) is 2.27. The van der Waals surface area contributed by atoms with Gasteiger partial charge in [0.1, 0.15) is 0 Å². The lowest BCUT2D eigenvalue weighted by Crippen LogP contribution is -2.59. The lowest BCUT2D eigenvalue weighted by molar-refractivity contribution is 0.0985. The first kappa shape index (κ1) is 13.9. The Morgan fingerprint density at radius 2 is 1.88 bits per heavy atom. The van der Waals surface area contributed by atoms with Crippen LogP contribution in [0.4, 0.5) is 0 Å². The van der Waals surface area contributed by atoms with Crippen LogP contribution in [0.5, 0.6) is 0 Å². The summed E-state index contributed by atoms with van der Waals surface area (Å²) in [6, 6.07) is 0.455. The first-order valence-corrected chi connectivity index (χ1v) is 6.81. The third-order valence-electron chi connectivity index (χ3n) is 4.31. The quantitative estimate of drug-likeness (QED) is 0.398. The topological polar surface area (TPSA) is 41.3 Å². The van der Waals surface area contributed by atoms with Crippen molar-refractivity contribution in [2.45, 2.75) is 69.9 Å². The number of hydrazine groups is 1. The molecule has 1 saturated carbocycles. The van der Waals surface area contributed by atoms with Crippen molar-refractivity contribution in [2.24, 2.45) is 5.84 Å². The molecule has 1 aliphatic carbocycles. The summed E-state index contributed by atoms with van der Waals surface area (Å²) >= 11 is 0. The van der Waals surface area contributed by atoms with Crippen molar-refractivity contribution in [3.63, 3.8) is 0 Å². The minimum atomic E-state index is 0.308. The molecular formula is C13H29N3. The van der Waals surface area contributed by atoms with E-state index in [1.165, 1.54) is 51.4 Å². The largest absolute Gasteiger partial charge is 0.302 e. The van der Waals surface area contributed by atoms with Gasteiger partial charge >= 0.3 is 0 Å². The molecule has 1 unspecified atom stereocenters. The van der Waals surface area contributed by atoms with Crippen molar-refractivity contribution in [2.75, 3.05) is 14.1 Å². The highest BCUT2D eigenvalue weighted by atomic mass is 15.3. The molecule has 0 heterocycles. The van der Waals surface area contributed by atoms with Gasteiger partial charge in [0.25, 0.3) is 0 Å². The summed E-state index contributed by atoms with van der Waals surface area (Å²) < 4.78 is 0. The number of hydrogen-bond donors (Lipinski definition) is 2. The molecule has 1 rings (SSSR count). The van der Waals surface area contributed by atoms with E-state index in [1.54, 1.807) is 0 Å². The molecular weight excluding hydrogens is 198 g/mol. The van der Waals surface area contributed by atoms with Crippen molar-refractivity contribution < 1.29 is 0 Å². The maximum atomic E-state index is 5.78. The van der Waals surface area contributed by atoms with Crippen LogP contribution >= 0.6 is 0 Å². The van der Waals surface area contributed by atoms with Crippen molar-refractivity contribution in [3.05, 3.63) is 0 Å². The average molecular weight is 227 g/mol. The van der Waals surface area contributed by atoms with Crippen LogP contribution in [-0.4, -0.2) is 30.6 Å². The Labute approximate surface area is 101 Å². The zero-order valence-corrected chi connectivity index (χ0v) is 11.3. The van der Waals surface area contributed by atoms with Gasteiger partial charge in [0, 0.05) is 11.6 Å². The molecule has 1 atom stereocenters. The maximum Gasteiger partial charge on any atom is 0.0394 e. The van der Waals surface area contributed by atoms with Gasteiger partial charge in [-0.3, -0.25) is 11.3 Å². The van der Waals surface area contributed by atoms with E-state index in [9.17, 15) is 0 Å². The highest BCUT2D eigenvalue weighted by molar-refractivity contribution is 5.01. The van der Waals surface area contributed by atoms with Crippen LogP contribution in [-0.2, 0) is 0 Å². The van der Waals surface area contributed by atoms with Gasteiger partial charge in [0.15, 0.2) is 0 Å². The van der Waals surface area contributed by atoms with Crippen LogP contribution in [0.2, 0.25) is 0 Å². The fraction of sp³-hybridized carbons (Fsp3) is 1.00. The highest BCUT2D eigenvalue weighted by Gasteiger charge is 2.42. The van der Waals surface area contributed by atoms with Gasteiger partial charge in [-0.25, -0.2) is 0 Å². The summed E-state index contributed by atoms with van der Waals surface area (Å²) in [7, 11) is 4.41. The Kier molecular flexibility index (Phi) is 5.73. The minimum Gasteiger partial charge on any atom is -0.302 e. The summed E-state index contributed by atoms with van der Waals surface area (Å²) in [5, 5.41) is 0. The molecule has 0 aliphatic heterocycles. The first-order chi connectivity index (χ1) is 7.67. The number of hydrogen-bond acceptors (Lipinski definition) is 3. The normalized spacial score (nSPS) is 21.6. The summed E-state index contributed by atoms with van der Waals surface area (Å²) in [5.74, 6) is 5.78. The maximum absolute atomic E-state index is 5.78. The summed E-state index contributed by atoms with van der Waals surface area (Å²) in [5.41, 5.74) is 3.39. The molecule has 0 spiro atoms. The Hall–Kier alpha value is -0.120. The smallest absolute Gasteiger partial charge is 0.0394 e. The van der Waals surface area contributed by atoms with Crippen LogP contribution in [0.3, 0.4) is 0 Å². The fourth-order valence-electron chi connectivity index (χ4n) is 3.20. The Morgan fingerprint density at radius 1 is 1.25 bits per heavy atom. The molecule has 3 N–H and O–H groups in total. The Morgan fingerprint density at radius 3 is 2.31 bits per heavy atom. The second-order valence-electron chi connectivity index (χ2n) is 5.42. The van der Waals surface area contributed by atoms with Crippen molar-refractivity contribution in [1.82, 2.24) is 10.3 Å². The molecule has 0 amide bonds. The Balaban J connectivity index is 2.59. The summed E-state index contributed by atoms with van der Waals surface area (Å²) in [4.78, 5) is 2.40. The van der Waals surface area contributed by atoms with Crippen LogP contribution in [0.1, 0.15) is 58.3 Å². The third-order valence-corrected chi connectivity index (χ3v) is 4.31. The fourth-order valence-corrected chi connectivity index (χ4v) is 3.20. The van der Waals surface area contributed by atoms with E-state index >= 15 is 0 Å². The van der Waals surface area contributed by atoms with E-state index in [-0.39, 0.29) is 0 Å². The van der Waals surface area contributed by atoms with E-state index in [0.29, 0.717) is 11.6 Å². The van der Waals surface area contributed by atoms with Gasteiger partial charge in [-0.1, -0.05) is 39.0 Å². The highest BCUT2D eigenvalue weighted by Crippen LogP contribution is 2.38. The summed E-state index contributed by atoms with van der Waals surface area (Å²) in [6.45, 7) is 2.25. The van der Waals surface area contributed by atoms with E-state index in [2.05, 4.69) is 31.3 Å². The number of unbranched alkanes of at least 4 members (excludes halogenated alkanes) is 2. The number of nitrogens with one attached hydrogen (secondary N) is 1. The van der Waals surface area contributed by atoms with Gasteiger partial charge in [0.05, 0.1) is 0 Å². The molecule has 1 aliphatic rings. The summed E-state index contributed by atoms with van der Waals surface area (Å²) in [6.07, 6.45) is 10.4. The van der Waals surface area contributed by atoms with Crippen LogP contribution in [0, 0.1) is 0 Å². The van der Waals surface area contributed by atoms with Gasteiger partial charge in [0.2, 0.25) is 0 Å². The van der Waals surface area contributed by atoms with Gasteiger partial charge in [-0.05, 0) is 33.4 Å². The van der Waals surface area contributed by atoms with Crippen LogP contribution < -0.4 is 11.3 Å². The molecule has 0 aromatic heterocycles. The monoisotopic (exact) mass is 227 g/mol. The average Bonchev–Trinajstić information content (AvgIpc) is 2.74.